The predicted octanol–water partition coefficient (Wildman–Crippen LogP) is 3.38. The fraction of sp³-hybridized carbons (Fsp3) is 0.412. The largest absolute Gasteiger partial charge is 0.324 e. The van der Waals surface area contributed by atoms with Gasteiger partial charge in [-0.05, 0) is 25.1 Å². The summed E-state index contributed by atoms with van der Waals surface area (Å²) in [5, 5.41) is 3.26. The van der Waals surface area contributed by atoms with Gasteiger partial charge in [-0.1, -0.05) is 31.5 Å². The number of aromatic nitrogens is 2. The van der Waals surface area contributed by atoms with Crippen molar-refractivity contribution in [3.63, 3.8) is 0 Å². The third-order valence-electron chi connectivity index (χ3n) is 3.87. The second-order valence-electron chi connectivity index (χ2n) is 5.54. The van der Waals surface area contributed by atoms with Gasteiger partial charge in [0.05, 0.1) is 5.69 Å². The van der Waals surface area contributed by atoms with Crippen LogP contribution in [0.25, 0.3) is 0 Å². The molecule has 2 aromatic rings. The summed E-state index contributed by atoms with van der Waals surface area (Å²) in [6.45, 7) is 5.51. The van der Waals surface area contributed by atoms with Crippen molar-refractivity contribution in [3.8, 4) is 0 Å². The minimum Gasteiger partial charge on any atom is -0.324 e. The molecule has 2 heterocycles. The van der Waals surface area contributed by atoms with Crippen molar-refractivity contribution in [2.24, 2.45) is 0 Å². The molecule has 0 fully saturated rings. The molecule has 0 unspecified atom stereocenters. The zero-order chi connectivity index (χ0) is 14.5. The standard InChI is InChI=1S/C17H22N4/c1-2-3-10-21-11-9-16-14(13-21)12-18-17(20-16)19-15-7-5-4-6-8-15/h4-8,12H,2-3,9-11,13H2,1H3,(H,18,19,20). The van der Waals surface area contributed by atoms with Gasteiger partial charge in [0.1, 0.15) is 0 Å². The van der Waals surface area contributed by atoms with Crippen LogP contribution in [0.15, 0.2) is 36.5 Å². The third-order valence-corrected chi connectivity index (χ3v) is 3.87. The number of para-hydroxylation sites is 1. The second-order valence-corrected chi connectivity index (χ2v) is 5.54. The van der Waals surface area contributed by atoms with Gasteiger partial charge < -0.3 is 5.32 Å². The highest BCUT2D eigenvalue weighted by Gasteiger charge is 2.17. The maximum atomic E-state index is 4.67. The van der Waals surface area contributed by atoms with E-state index in [9.17, 15) is 0 Å². The lowest BCUT2D eigenvalue weighted by Gasteiger charge is -2.27. The van der Waals surface area contributed by atoms with Crippen LogP contribution < -0.4 is 5.32 Å². The molecule has 0 saturated carbocycles. The van der Waals surface area contributed by atoms with Gasteiger partial charge in [0, 0.05) is 37.0 Å². The average Bonchev–Trinajstić information content (AvgIpc) is 2.54. The maximum Gasteiger partial charge on any atom is 0.227 e. The Bertz CT molecular complexity index is 583. The predicted molar refractivity (Wildman–Crippen MR) is 85.6 cm³/mol. The first-order valence-electron chi connectivity index (χ1n) is 7.74. The molecule has 1 N–H and O–H groups in total. The number of nitrogens with zero attached hydrogens (tertiary/aromatic N) is 3. The SMILES string of the molecule is CCCCN1CCc2nc(Nc3ccccc3)ncc2C1. The molecule has 1 aromatic carbocycles. The Labute approximate surface area is 126 Å². The van der Waals surface area contributed by atoms with Crippen molar-refractivity contribution in [1.82, 2.24) is 14.9 Å². The number of anilines is 2. The molecule has 1 aromatic heterocycles. The number of rotatable bonds is 5. The highest BCUT2D eigenvalue weighted by Crippen LogP contribution is 2.19. The Hall–Kier alpha value is -1.94. The first kappa shape index (κ1) is 14.0. The van der Waals surface area contributed by atoms with Crippen LogP contribution in [-0.2, 0) is 13.0 Å². The molecular weight excluding hydrogens is 260 g/mol. The van der Waals surface area contributed by atoms with E-state index in [1.807, 2.05) is 36.5 Å². The van der Waals surface area contributed by atoms with Crippen molar-refractivity contribution in [1.29, 1.82) is 0 Å². The van der Waals surface area contributed by atoms with Gasteiger partial charge in [-0.25, -0.2) is 9.97 Å². The maximum absolute atomic E-state index is 4.67. The molecule has 21 heavy (non-hydrogen) atoms. The summed E-state index contributed by atoms with van der Waals surface area (Å²) in [6, 6.07) is 10.1. The molecule has 1 aliphatic rings. The lowest BCUT2D eigenvalue weighted by atomic mass is 10.1. The second kappa shape index (κ2) is 6.68. The molecule has 3 rings (SSSR count). The summed E-state index contributed by atoms with van der Waals surface area (Å²) < 4.78 is 0. The molecule has 4 heteroatoms. The van der Waals surface area contributed by atoms with E-state index in [-0.39, 0.29) is 0 Å². The minimum atomic E-state index is 0.696. The fourth-order valence-electron chi connectivity index (χ4n) is 2.66. The molecule has 110 valence electrons. The van der Waals surface area contributed by atoms with Crippen LogP contribution in [0.3, 0.4) is 0 Å². The summed E-state index contributed by atoms with van der Waals surface area (Å²) in [5.74, 6) is 0.696. The van der Waals surface area contributed by atoms with Crippen LogP contribution >= 0.6 is 0 Å². The summed E-state index contributed by atoms with van der Waals surface area (Å²) in [7, 11) is 0. The van der Waals surface area contributed by atoms with Crippen molar-refractivity contribution in [3.05, 3.63) is 47.8 Å². The number of benzene rings is 1. The van der Waals surface area contributed by atoms with Crippen molar-refractivity contribution >= 4 is 11.6 Å². The van der Waals surface area contributed by atoms with Crippen molar-refractivity contribution in [2.45, 2.75) is 32.7 Å². The summed E-state index contributed by atoms with van der Waals surface area (Å²) in [4.78, 5) is 11.6. The van der Waals surface area contributed by atoms with Crippen LogP contribution in [0.1, 0.15) is 31.0 Å². The summed E-state index contributed by atoms with van der Waals surface area (Å²) in [5.41, 5.74) is 3.49. The number of hydrogen-bond donors (Lipinski definition) is 1. The molecule has 4 nitrogen and oxygen atoms in total. The van der Waals surface area contributed by atoms with Crippen LogP contribution in [-0.4, -0.2) is 28.0 Å². The zero-order valence-corrected chi connectivity index (χ0v) is 12.5. The van der Waals surface area contributed by atoms with Gasteiger partial charge in [0.2, 0.25) is 5.95 Å². The smallest absolute Gasteiger partial charge is 0.227 e. The van der Waals surface area contributed by atoms with Gasteiger partial charge >= 0.3 is 0 Å². The van der Waals surface area contributed by atoms with Crippen LogP contribution in [0.5, 0.6) is 0 Å². The van der Waals surface area contributed by atoms with Gasteiger partial charge in [-0.2, -0.15) is 0 Å². The van der Waals surface area contributed by atoms with E-state index in [1.165, 1.54) is 30.6 Å². The molecule has 0 amide bonds. The first-order chi connectivity index (χ1) is 10.3. The molecule has 1 aliphatic heterocycles. The first-order valence-corrected chi connectivity index (χ1v) is 7.74. The van der Waals surface area contributed by atoms with E-state index in [1.54, 1.807) is 0 Å². The Balaban J connectivity index is 1.69. The van der Waals surface area contributed by atoms with Gasteiger partial charge in [-0.3, -0.25) is 4.90 Å². The Morgan fingerprint density at radius 2 is 2.10 bits per heavy atom. The van der Waals surface area contributed by atoms with E-state index in [2.05, 4.69) is 27.1 Å². The molecule has 0 radical (unpaired) electrons. The van der Waals surface area contributed by atoms with E-state index >= 15 is 0 Å². The molecule has 0 bridgehead atoms. The van der Waals surface area contributed by atoms with Crippen molar-refractivity contribution in [2.75, 3.05) is 18.4 Å². The molecule has 0 atom stereocenters. The van der Waals surface area contributed by atoms with E-state index in [0.717, 1.165) is 25.2 Å². The monoisotopic (exact) mass is 282 g/mol. The van der Waals surface area contributed by atoms with E-state index in [4.69, 9.17) is 0 Å². The number of unbranched alkanes of at least 4 members (excludes halogenated alkanes) is 1. The zero-order valence-electron chi connectivity index (χ0n) is 12.5. The van der Waals surface area contributed by atoms with E-state index < -0.39 is 0 Å². The third kappa shape index (κ3) is 3.58. The van der Waals surface area contributed by atoms with E-state index in [0.29, 0.717) is 5.95 Å². The van der Waals surface area contributed by atoms with Crippen molar-refractivity contribution < 1.29 is 0 Å². The van der Waals surface area contributed by atoms with Gasteiger partial charge in [0.15, 0.2) is 0 Å². The Morgan fingerprint density at radius 1 is 1.24 bits per heavy atom. The summed E-state index contributed by atoms with van der Waals surface area (Å²) in [6.07, 6.45) is 5.51. The highest BCUT2D eigenvalue weighted by atomic mass is 15.1. The van der Waals surface area contributed by atoms with Gasteiger partial charge in [-0.15, -0.1) is 0 Å². The number of nitrogens with one attached hydrogen (secondary N) is 1. The summed E-state index contributed by atoms with van der Waals surface area (Å²) >= 11 is 0. The number of hydrogen-bond acceptors (Lipinski definition) is 4. The molecule has 0 aliphatic carbocycles. The van der Waals surface area contributed by atoms with Crippen LogP contribution in [0.2, 0.25) is 0 Å². The van der Waals surface area contributed by atoms with Crippen LogP contribution in [0.4, 0.5) is 11.6 Å². The lowest BCUT2D eigenvalue weighted by molar-refractivity contribution is 0.248. The molecule has 0 saturated heterocycles. The lowest BCUT2D eigenvalue weighted by Crippen LogP contribution is -2.32. The van der Waals surface area contributed by atoms with Gasteiger partial charge in [0.25, 0.3) is 0 Å². The Kier molecular flexibility index (Phi) is 4.46. The molecule has 0 spiro atoms. The quantitative estimate of drug-likeness (QED) is 0.912. The highest BCUT2D eigenvalue weighted by molar-refractivity contribution is 5.52. The average molecular weight is 282 g/mol. The minimum absolute atomic E-state index is 0.696. The Morgan fingerprint density at radius 3 is 2.90 bits per heavy atom. The fourth-order valence-corrected chi connectivity index (χ4v) is 2.66. The molecular formula is C17H22N4. The topological polar surface area (TPSA) is 41.1 Å². The van der Waals surface area contributed by atoms with Crippen LogP contribution in [0, 0.1) is 0 Å². The number of fused-ring (bicyclic) bond motifs is 1. The normalized spacial score (nSPS) is 14.7.